The number of fused-ring (bicyclic) bond motifs is 1. The summed E-state index contributed by atoms with van der Waals surface area (Å²) in [7, 11) is 0. The number of amides is 1. The van der Waals surface area contributed by atoms with Gasteiger partial charge < -0.3 is 5.32 Å². The van der Waals surface area contributed by atoms with Crippen LogP contribution < -0.4 is 10.9 Å². The highest BCUT2D eigenvalue weighted by Gasteiger charge is 2.18. The molecule has 1 N–H and O–H groups in total. The minimum atomic E-state index is -0.111. The van der Waals surface area contributed by atoms with Crippen molar-refractivity contribution in [2.45, 2.75) is 56.6 Å². The predicted molar refractivity (Wildman–Crippen MR) is 122 cm³/mol. The average molecular weight is 422 g/mol. The first kappa shape index (κ1) is 20.7. The molecule has 0 atom stereocenters. The highest BCUT2D eigenvalue weighted by atomic mass is 32.2. The average Bonchev–Trinajstić information content (AvgIpc) is 2.79. The number of aryl methyl sites for hydroxylation is 1. The smallest absolute Gasteiger partial charge is 0.266 e. The minimum absolute atomic E-state index is 0.00203. The van der Waals surface area contributed by atoms with Crippen molar-refractivity contribution in [3.05, 3.63) is 64.4 Å². The number of hydrogen-bond acceptors (Lipinski definition) is 4. The molecule has 1 aliphatic rings. The van der Waals surface area contributed by atoms with Crippen LogP contribution in [0.1, 0.15) is 44.6 Å². The molecule has 2 aromatic carbocycles. The monoisotopic (exact) mass is 421 g/mol. The number of carbonyl (C=O) groups is 1. The van der Waals surface area contributed by atoms with Crippen molar-refractivity contribution < 1.29 is 4.79 Å². The van der Waals surface area contributed by atoms with E-state index in [9.17, 15) is 9.59 Å². The molecule has 0 spiro atoms. The maximum atomic E-state index is 13.3. The van der Waals surface area contributed by atoms with Crippen molar-refractivity contribution in [2.24, 2.45) is 0 Å². The summed E-state index contributed by atoms with van der Waals surface area (Å²) in [6, 6.07) is 15.6. The summed E-state index contributed by atoms with van der Waals surface area (Å²) in [6.45, 7) is 2.10. The fourth-order valence-electron chi connectivity index (χ4n) is 3.96. The highest BCUT2D eigenvalue weighted by molar-refractivity contribution is 7.99. The lowest BCUT2D eigenvalue weighted by atomic mass is 9.95. The summed E-state index contributed by atoms with van der Waals surface area (Å²) in [4.78, 5) is 30.5. The summed E-state index contributed by atoms with van der Waals surface area (Å²) in [5.41, 5.74) is 2.52. The Morgan fingerprint density at radius 2 is 1.83 bits per heavy atom. The van der Waals surface area contributed by atoms with E-state index in [0.717, 1.165) is 24.9 Å². The van der Waals surface area contributed by atoms with E-state index in [4.69, 9.17) is 4.98 Å². The van der Waals surface area contributed by atoms with Crippen LogP contribution in [0.15, 0.2) is 58.5 Å². The topological polar surface area (TPSA) is 64.0 Å². The Kier molecular flexibility index (Phi) is 6.53. The van der Waals surface area contributed by atoms with Gasteiger partial charge in [-0.15, -0.1) is 0 Å². The number of nitrogens with zero attached hydrogens (tertiary/aromatic N) is 2. The van der Waals surface area contributed by atoms with Gasteiger partial charge in [-0.3, -0.25) is 14.2 Å². The Labute approximate surface area is 180 Å². The van der Waals surface area contributed by atoms with Gasteiger partial charge in [0, 0.05) is 6.04 Å². The van der Waals surface area contributed by atoms with Crippen molar-refractivity contribution in [2.75, 3.05) is 5.75 Å². The molecular formula is C24H27N3O2S. The number of benzene rings is 2. The second-order valence-corrected chi connectivity index (χ2v) is 8.71. The molecule has 1 fully saturated rings. The zero-order chi connectivity index (χ0) is 20.9. The summed E-state index contributed by atoms with van der Waals surface area (Å²) < 4.78 is 1.63. The minimum Gasteiger partial charge on any atom is -0.353 e. The van der Waals surface area contributed by atoms with Gasteiger partial charge in [0.2, 0.25) is 5.91 Å². The van der Waals surface area contributed by atoms with Crippen molar-refractivity contribution in [1.29, 1.82) is 0 Å². The van der Waals surface area contributed by atoms with E-state index in [1.54, 1.807) is 10.6 Å². The molecule has 0 unspecified atom stereocenters. The fourth-order valence-corrected chi connectivity index (χ4v) is 4.79. The maximum absolute atomic E-state index is 13.3. The normalized spacial score (nSPS) is 14.7. The van der Waals surface area contributed by atoms with Crippen LogP contribution in [0.2, 0.25) is 0 Å². The third kappa shape index (κ3) is 4.59. The van der Waals surface area contributed by atoms with Gasteiger partial charge in [0.05, 0.1) is 22.3 Å². The van der Waals surface area contributed by atoms with Gasteiger partial charge in [0.25, 0.3) is 5.56 Å². The first-order valence-corrected chi connectivity index (χ1v) is 11.7. The van der Waals surface area contributed by atoms with E-state index in [1.807, 2.05) is 42.5 Å². The van der Waals surface area contributed by atoms with Crippen LogP contribution in [0.5, 0.6) is 0 Å². The second kappa shape index (κ2) is 9.47. The molecule has 3 aromatic rings. The van der Waals surface area contributed by atoms with Gasteiger partial charge in [-0.05, 0) is 49.1 Å². The number of nitrogens with one attached hydrogen (secondary N) is 1. The molecule has 0 aliphatic heterocycles. The van der Waals surface area contributed by atoms with E-state index in [2.05, 4.69) is 12.2 Å². The molecule has 5 nitrogen and oxygen atoms in total. The summed E-state index contributed by atoms with van der Waals surface area (Å²) in [5.74, 6) is 0.246. The zero-order valence-corrected chi connectivity index (χ0v) is 18.1. The fraction of sp³-hybridized carbons (Fsp3) is 0.375. The molecule has 30 heavy (non-hydrogen) atoms. The summed E-state index contributed by atoms with van der Waals surface area (Å²) in [6.07, 6.45) is 6.66. The van der Waals surface area contributed by atoms with Crippen LogP contribution >= 0.6 is 11.8 Å². The van der Waals surface area contributed by atoms with E-state index < -0.39 is 0 Å². The first-order valence-electron chi connectivity index (χ1n) is 10.7. The van der Waals surface area contributed by atoms with E-state index in [-0.39, 0.29) is 23.3 Å². The molecule has 1 aliphatic carbocycles. The van der Waals surface area contributed by atoms with Gasteiger partial charge in [-0.25, -0.2) is 4.98 Å². The largest absolute Gasteiger partial charge is 0.353 e. The molecule has 6 heteroatoms. The lowest BCUT2D eigenvalue weighted by molar-refractivity contribution is -0.119. The number of para-hydroxylation sites is 1. The predicted octanol–water partition coefficient (Wildman–Crippen LogP) is 4.49. The Balaban J connectivity index is 1.63. The summed E-state index contributed by atoms with van der Waals surface area (Å²) >= 11 is 1.32. The Bertz CT molecular complexity index is 1090. The number of rotatable bonds is 6. The molecule has 0 radical (unpaired) electrons. The third-order valence-electron chi connectivity index (χ3n) is 5.65. The second-order valence-electron chi connectivity index (χ2n) is 7.76. The number of aromatic nitrogens is 2. The van der Waals surface area contributed by atoms with Crippen LogP contribution in [0, 0.1) is 0 Å². The van der Waals surface area contributed by atoms with E-state index in [0.29, 0.717) is 16.1 Å². The Hall–Kier alpha value is -2.60. The summed E-state index contributed by atoms with van der Waals surface area (Å²) in [5, 5.41) is 4.26. The first-order chi connectivity index (χ1) is 14.7. The zero-order valence-electron chi connectivity index (χ0n) is 17.3. The van der Waals surface area contributed by atoms with Crippen LogP contribution in [-0.2, 0) is 11.2 Å². The standard InChI is InChI=1S/C24H27N3O2S/c1-2-17-12-14-19(15-13-17)27-23(29)20-10-6-7-11-21(20)26-24(27)30-16-22(28)25-18-8-4-3-5-9-18/h6-7,10-15,18H,2-5,8-9,16H2,1H3,(H,25,28). The SMILES string of the molecule is CCc1ccc(-n2c(SCC(=O)NC3CCCCC3)nc3ccccc3c2=O)cc1. The van der Waals surface area contributed by atoms with Crippen LogP contribution in [0.4, 0.5) is 0 Å². The van der Waals surface area contributed by atoms with Gasteiger partial charge in [0.1, 0.15) is 0 Å². The quantitative estimate of drug-likeness (QED) is 0.471. The molecule has 1 amide bonds. The number of hydrogen-bond donors (Lipinski definition) is 1. The lowest BCUT2D eigenvalue weighted by Crippen LogP contribution is -2.37. The lowest BCUT2D eigenvalue weighted by Gasteiger charge is -2.22. The number of thioether (sulfide) groups is 1. The van der Waals surface area contributed by atoms with Gasteiger partial charge in [-0.1, -0.05) is 62.2 Å². The van der Waals surface area contributed by atoms with Crippen LogP contribution in [-0.4, -0.2) is 27.3 Å². The molecule has 156 valence electrons. The van der Waals surface area contributed by atoms with E-state index >= 15 is 0 Å². The van der Waals surface area contributed by atoms with Gasteiger partial charge in [-0.2, -0.15) is 0 Å². The van der Waals surface area contributed by atoms with Crippen molar-refractivity contribution in [1.82, 2.24) is 14.9 Å². The van der Waals surface area contributed by atoms with Gasteiger partial charge >= 0.3 is 0 Å². The van der Waals surface area contributed by atoms with Gasteiger partial charge in [0.15, 0.2) is 5.16 Å². The van der Waals surface area contributed by atoms with Crippen molar-refractivity contribution in [3.8, 4) is 5.69 Å². The maximum Gasteiger partial charge on any atom is 0.266 e. The third-order valence-corrected chi connectivity index (χ3v) is 6.59. The van der Waals surface area contributed by atoms with Crippen LogP contribution in [0.3, 0.4) is 0 Å². The molecular weight excluding hydrogens is 394 g/mol. The van der Waals surface area contributed by atoms with E-state index in [1.165, 1.54) is 36.6 Å². The molecule has 1 saturated carbocycles. The molecule has 0 bridgehead atoms. The molecule has 1 aromatic heterocycles. The molecule has 1 heterocycles. The molecule has 0 saturated heterocycles. The van der Waals surface area contributed by atoms with Crippen molar-refractivity contribution in [3.63, 3.8) is 0 Å². The molecule has 4 rings (SSSR count). The number of carbonyl (C=O) groups excluding carboxylic acids is 1. The highest BCUT2D eigenvalue weighted by Crippen LogP contribution is 2.22. The van der Waals surface area contributed by atoms with Crippen molar-refractivity contribution >= 4 is 28.6 Å². The van der Waals surface area contributed by atoms with Crippen LogP contribution in [0.25, 0.3) is 16.6 Å². The Morgan fingerprint density at radius 3 is 2.57 bits per heavy atom. The Morgan fingerprint density at radius 1 is 1.10 bits per heavy atom.